The van der Waals surface area contributed by atoms with Crippen LogP contribution in [0.1, 0.15) is 31.8 Å². The number of rotatable bonds is 13. The van der Waals surface area contributed by atoms with Crippen molar-refractivity contribution < 1.29 is 22.6 Å². The highest BCUT2D eigenvalue weighted by Gasteiger charge is 2.26. The molecule has 12 heteroatoms. The first-order valence-electron chi connectivity index (χ1n) is 11.5. The molecule has 0 atom stereocenters. The van der Waals surface area contributed by atoms with E-state index in [-0.39, 0.29) is 42.6 Å². The summed E-state index contributed by atoms with van der Waals surface area (Å²) in [5.74, 6) is 1.26. The van der Waals surface area contributed by atoms with E-state index in [0.717, 1.165) is 6.42 Å². The van der Waals surface area contributed by atoms with E-state index in [4.69, 9.17) is 14.2 Å². The summed E-state index contributed by atoms with van der Waals surface area (Å²) in [5, 5.41) is 4.63. The SMILES string of the molecule is CCCc1nc(C)c2c(=O)[nH]c(-c3cc(S(=O)(=O)N(CCOC)CCOC)ccc3OCC)nn12. The van der Waals surface area contributed by atoms with E-state index in [2.05, 4.69) is 15.1 Å². The number of imidazole rings is 1. The molecule has 0 aliphatic carbocycles. The first-order valence-corrected chi connectivity index (χ1v) is 13.0. The van der Waals surface area contributed by atoms with Crippen molar-refractivity contribution >= 4 is 15.5 Å². The molecule has 35 heavy (non-hydrogen) atoms. The standard InChI is InChI=1S/C23H33N5O6S/c1-6-8-20-24-16(3)21-23(29)25-22(26-28(20)21)18-15-17(9-10-19(18)34-7-2)35(30,31)27(11-13-32-4)12-14-33-5/h9-10,15H,6-8,11-14H2,1-5H3,(H,25,26,29). The summed E-state index contributed by atoms with van der Waals surface area (Å²) in [6.45, 7) is 6.76. The average Bonchev–Trinajstić information content (AvgIpc) is 3.15. The first-order chi connectivity index (χ1) is 16.8. The van der Waals surface area contributed by atoms with Crippen LogP contribution in [0.3, 0.4) is 0 Å². The fourth-order valence-electron chi connectivity index (χ4n) is 3.77. The van der Waals surface area contributed by atoms with Gasteiger partial charge in [0, 0.05) is 33.7 Å². The molecular formula is C23H33N5O6S. The van der Waals surface area contributed by atoms with Gasteiger partial charge in [-0.1, -0.05) is 6.92 Å². The second kappa shape index (κ2) is 11.8. The molecule has 0 bridgehead atoms. The Kier molecular flexibility index (Phi) is 9.00. The van der Waals surface area contributed by atoms with Gasteiger partial charge in [-0.25, -0.2) is 17.9 Å². The number of methoxy groups -OCH3 is 2. The Hall–Kier alpha value is -2.80. The van der Waals surface area contributed by atoms with Crippen LogP contribution in [0, 0.1) is 6.92 Å². The molecule has 0 spiro atoms. The molecule has 3 rings (SSSR count). The van der Waals surface area contributed by atoms with Crippen LogP contribution < -0.4 is 10.3 Å². The molecule has 192 valence electrons. The third kappa shape index (κ3) is 5.72. The second-order valence-corrected chi connectivity index (χ2v) is 9.85. The highest BCUT2D eigenvalue weighted by Crippen LogP contribution is 2.31. The number of aryl methyl sites for hydroxylation is 2. The zero-order valence-electron chi connectivity index (χ0n) is 20.8. The fourth-order valence-corrected chi connectivity index (χ4v) is 5.20. The average molecular weight is 508 g/mol. The maximum atomic E-state index is 13.5. The normalized spacial score (nSPS) is 12.1. The van der Waals surface area contributed by atoms with Gasteiger partial charge in [0.15, 0.2) is 11.3 Å². The minimum atomic E-state index is -3.89. The van der Waals surface area contributed by atoms with Crippen LogP contribution in [-0.4, -0.2) is 79.4 Å². The Morgan fingerprint density at radius 3 is 2.40 bits per heavy atom. The summed E-state index contributed by atoms with van der Waals surface area (Å²) in [7, 11) is -0.869. The van der Waals surface area contributed by atoms with Crippen LogP contribution in [0.15, 0.2) is 27.9 Å². The van der Waals surface area contributed by atoms with Crippen LogP contribution in [0.4, 0.5) is 0 Å². The molecule has 1 N–H and O–H groups in total. The van der Waals surface area contributed by atoms with Gasteiger partial charge >= 0.3 is 0 Å². The van der Waals surface area contributed by atoms with E-state index in [1.807, 2.05) is 13.8 Å². The molecule has 0 aliphatic heterocycles. The van der Waals surface area contributed by atoms with Gasteiger partial charge in [0.2, 0.25) is 10.0 Å². The molecule has 0 saturated carbocycles. The van der Waals surface area contributed by atoms with Crippen molar-refractivity contribution in [3.8, 4) is 17.1 Å². The Labute approximate surface area is 205 Å². The van der Waals surface area contributed by atoms with E-state index in [1.165, 1.54) is 35.2 Å². The third-order valence-corrected chi connectivity index (χ3v) is 7.34. The summed E-state index contributed by atoms with van der Waals surface area (Å²) in [6, 6.07) is 4.53. The van der Waals surface area contributed by atoms with E-state index in [1.54, 1.807) is 13.0 Å². The van der Waals surface area contributed by atoms with Gasteiger partial charge in [-0.05, 0) is 38.5 Å². The van der Waals surface area contributed by atoms with E-state index in [0.29, 0.717) is 41.4 Å². The minimum absolute atomic E-state index is 0.0431. The van der Waals surface area contributed by atoms with Crippen molar-refractivity contribution in [2.24, 2.45) is 0 Å². The minimum Gasteiger partial charge on any atom is -0.493 e. The summed E-state index contributed by atoms with van der Waals surface area (Å²) >= 11 is 0. The Bertz CT molecular complexity index is 1310. The summed E-state index contributed by atoms with van der Waals surface area (Å²) in [6.07, 6.45) is 1.48. The van der Waals surface area contributed by atoms with Gasteiger partial charge < -0.3 is 19.2 Å². The van der Waals surface area contributed by atoms with Crippen LogP contribution >= 0.6 is 0 Å². The number of nitrogens with one attached hydrogen (secondary N) is 1. The lowest BCUT2D eigenvalue weighted by atomic mass is 10.2. The molecule has 0 aliphatic rings. The zero-order valence-corrected chi connectivity index (χ0v) is 21.6. The van der Waals surface area contributed by atoms with Crippen molar-refractivity contribution in [1.82, 2.24) is 23.9 Å². The van der Waals surface area contributed by atoms with Gasteiger partial charge in [0.1, 0.15) is 11.6 Å². The third-order valence-electron chi connectivity index (χ3n) is 5.45. The largest absolute Gasteiger partial charge is 0.493 e. The van der Waals surface area contributed by atoms with E-state index < -0.39 is 10.0 Å². The van der Waals surface area contributed by atoms with Gasteiger partial charge in [-0.3, -0.25) is 4.79 Å². The molecule has 2 heterocycles. The Morgan fingerprint density at radius 2 is 1.80 bits per heavy atom. The van der Waals surface area contributed by atoms with Crippen molar-refractivity contribution in [3.05, 3.63) is 40.1 Å². The molecule has 3 aromatic rings. The summed E-state index contributed by atoms with van der Waals surface area (Å²) in [5.41, 5.74) is 0.949. The fraction of sp³-hybridized carbons (Fsp3) is 0.522. The summed E-state index contributed by atoms with van der Waals surface area (Å²) in [4.78, 5) is 20.3. The lowest BCUT2D eigenvalue weighted by Crippen LogP contribution is -2.36. The molecule has 0 amide bonds. The molecule has 0 saturated heterocycles. The monoisotopic (exact) mass is 507 g/mol. The number of ether oxygens (including phenoxy) is 3. The number of hydrogen-bond donors (Lipinski definition) is 1. The maximum Gasteiger partial charge on any atom is 0.277 e. The van der Waals surface area contributed by atoms with E-state index >= 15 is 0 Å². The predicted molar refractivity (Wildman–Crippen MR) is 131 cm³/mol. The predicted octanol–water partition coefficient (Wildman–Crippen LogP) is 2.03. The number of H-pyrrole nitrogens is 1. The highest BCUT2D eigenvalue weighted by atomic mass is 32.2. The van der Waals surface area contributed by atoms with Crippen LogP contribution in [0.2, 0.25) is 0 Å². The smallest absolute Gasteiger partial charge is 0.277 e. The number of sulfonamides is 1. The number of aromatic nitrogens is 4. The topological polar surface area (TPSA) is 128 Å². The number of benzene rings is 1. The molecule has 11 nitrogen and oxygen atoms in total. The van der Waals surface area contributed by atoms with Gasteiger partial charge in [0.05, 0.1) is 36.0 Å². The van der Waals surface area contributed by atoms with Gasteiger partial charge in [-0.15, -0.1) is 5.10 Å². The Morgan fingerprint density at radius 1 is 1.11 bits per heavy atom. The molecule has 2 aromatic heterocycles. The number of hydrogen-bond acceptors (Lipinski definition) is 8. The first kappa shape index (κ1) is 26.8. The maximum absolute atomic E-state index is 13.5. The van der Waals surface area contributed by atoms with Crippen LogP contribution in [-0.2, 0) is 25.9 Å². The zero-order chi connectivity index (χ0) is 25.6. The second-order valence-electron chi connectivity index (χ2n) is 7.91. The van der Waals surface area contributed by atoms with Crippen molar-refractivity contribution in [1.29, 1.82) is 0 Å². The lowest BCUT2D eigenvalue weighted by Gasteiger charge is -2.22. The molecular weight excluding hydrogens is 474 g/mol. The molecule has 1 aromatic carbocycles. The quantitative estimate of drug-likeness (QED) is 0.372. The Balaban J connectivity index is 2.17. The van der Waals surface area contributed by atoms with Crippen molar-refractivity contribution in [3.63, 3.8) is 0 Å². The van der Waals surface area contributed by atoms with Gasteiger partial charge in [0.25, 0.3) is 5.56 Å². The van der Waals surface area contributed by atoms with Crippen LogP contribution in [0.25, 0.3) is 16.9 Å². The number of nitrogens with zero attached hydrogens (tertiary/aromatic N) is 4. The lowest BCUT2D eigenvalue weighted by molar-refractivity contribution is 0.150. The molecule has 0 radical (unpaired) electrons. The molecule has 0 unspecified atom stereocenters. The number of aromatic amines is 1. The highest BCUT2D eigenvalue weighted by molar-refractivity contribution is 7.89. The van der Waals surface area contributed by atoms with Gasteiger partial charge in [-0.2, -0.15) is 4.31 Å². The van der Waals surface area contributed by atoms with E-state index in [9.17, 15) is 13.2 Å². The summed E-state index contributed by atoms with van der Waals surface area (Å²) < 4.78 is 45.7. The molecule has 0 fully saturated rings. The van der Waals surface area contributed by atoms with Crippen molar-refractivity contribution in [2.45, 2.75) is 38.5 Å². The number of fused-ring (bicyclic) bond motifs is 1. The van der Waals surface area contributed by atoms with Crippen molar-refractivity contribution in [2.75, 3.05) is 47.1 Å². The van der Waals surface area contributed by atoms with Crippen LogP contribution in [0.5, 0.6) is 5.75 Å².